The maximum Gasteiger partial charge on any atom is 0.389 e. The number of amides is 1. The number of carbonyl (C=O) groups is 1. The number of hydrogen-bond donors (Lipinski definition) is 0. The zero-order chi connectivity index (χ0) is 20.6. The van der Waals surface area contributed by atoms with E-state index in [1.54, 1.807) is 12.1 Å². The highest BCUT2D eigenvalue weighted by Gasteiger charge is 2.43. The van der Waals surface area contributed by atoms with Crippen LogP contribution in [0.4, 0.5) is 13.2 Å². The fourth-order valence-corrected chi connectivity index (χ4v) is 4.04. The van der Waals surface area contributed by atoms with Gasteiger partial charge in [0.25, 0.3) is 0 Å². The van der Waals surface area contributed by atoms with E-state index in [1.807, 2.05) is 0 Å². The van der Waals surface area contributed by atoms with Gasteiger partial charge in [-0.1, -0.05) is 17.3 Å². The van der Waals surface area contributed by atoms with Crippen LogP contribution >= 0.6 is 0 Å². The van der Waals surface area contributed by atoms with Crippen LogP contribution in [0.15, 0.2) is 34.3 Å². The maximum atomic E-state index is 12.3. The summed E-state index contributed by atoms with van der Waals surface area (Å²) in [5, 5.41) is 4.13. The summed E-state index contributed by atoms with van der Waals surface area (Å²) in [4.78, 5) is 19.3. The SMILES string of the molecule is CS(=O)(=O)c1ccc(C2=NOC3(CCN(C(=O)CCC(F)(F)F)CC3)C2)cc1. The number of alkyl halides is 3. The van der Waals surface area contributed by atoms with Gasteiger partial charge in [0.1, 0.15) is 5.60 Å². The highest BCUT2D eigenvalue weighted by Crippen LogP contribution is 2.36. The molecule has 1 spiro atoms. The highest BCUT2D eigenvalue weighted by atomic mass is 32.2. The first-order valence-corrected chi connectivity index (χ1v) is 10.8. The van der Waals surface area contributed by atoms with Crippen molar-refractivity contribution in [3.63, 3.8) is 0 Å². The molecule has 1 fully saturated rings. The normalized spacial score (nSPS) is 19.4. The van der Waals surface area contributed by atoms with E-state index >= 15 is 0 Å². The molecule has 2 aliphatic heterocycles. The van der Waals surface area contributed by atoms with Gasteiger partial charge in [-0.15, -0.1) is 0 Å². The monoisotopic (exact) mass is 418 g/mol. The lowest BCUT2D eigenvalue weighted by Gasteiger charge is -2.37. The summed E-state index contributed by atoms with van der Waals surface area (Å²) >= 11 is 0. The largest absolute Gasteiger partial charge is 0.389 e. The molecule has 1 amide bonds. The lowest BCUT2D eigenvalue weighted by atomic mass is 9.85. The van der Waals surface area contributed by atoms with E-state index in [0.29, 0.717) is 38.1 Å². The van der Waals surface area contributed by atoms with Crippen LogP contribution in [-0.4, -0.2) is 56.1 Å². The second-order valence-corrected chi connectivity index (χ2v) is 9.30. The van der Waals surface area contributed by atoms with Crippen LogP contribution in [0.5, 0.6) is 0 Å². The van der Waals surface area contributed by atoms with Gasteiger partial charge in [-0.3, -0.25) is 4.79 Å². The fraction of sp³-hybridized carbons (Fsp3) is 0.556. The molecular formula is C18H21F3N2O4S. The van der Waals surface area contributed by atoms with Crippen molar-refractivity contribution in [3.8, 4) is 0 Å². The van der Waals surface area contributed by atoms with Gasteiger partial charge in [0.05, 0.1) is 17.0 Å². The average molecular weight is 418 g/mol. The fourth-order valence-electron chi connectivity index (χ4n) is 3.41. The van der Waals surface area contributed by atoms with Crippen LogP contribution in [0.1, 0.15) is 37.7 Å². The number of oxime groups is 1. The number of benzene rings is 1. The molecule has 1 aromatic rings. The number of halogens is 3. The average Bonchev–Trinajstić information content (AvgIpc) is 3.03. The Balaban J connectivity index is 1.56. The first-order chi connectivity index (χ1) is 13.0. The Hall–Kier alpha value is -2.10. The van der Waals surface area contributed by atoms with Crippen molar-refractivity contribution in [2.75, 3.05) is 19.3 Å². The van der Waals surface area contributed by atoms with E-state index in [1.165, 1.54) is 17.0 Å². The van der Waals surface area contributed by atoms with Crippen LogP contribution in [0.2, 0.25) is 0 Å². The van der Waals surface area contributed by atoms with E-state index in [2.05, 4.69) is 5.16 Å². The molecule has 154 valence electrons. The summed E-state index contributed by atoms with van der Waals surface area (Å²) in [5.41, 5.74) is 0.885. The van der Waals surface area contributed by atoms with Crippen molar-refractivity contribution in [1.29, 1.82) is 0 Å². The summed E-state index contributed by atoms with van der Waals surface area (Å²) in [6, 6.07) is 6.38. The van der Waals surface area contributed by atoms with Crippen molar-refractivity contribution < 1.29 is 31.2 Å². The van der Waals surface area contributed by atoms with Crippen LogP contribution in [0.3, 0.4) is 0 Å². The molecule has 0 saturated carbocycles. The Bertz CT molecular complexity index is 871. The van der Waals surface area contributed by atoms with Gasteiger partial charge >= 0.3 is 6.18 Å². The zero-order valence-electron chi connectivity index (χ0n) is 15.3. The second-order valence-electron chi connectivity index (χ2n) is 7.28. The number of sulfone groups is 1. The zero-order valence-corrected chi connectivity index (χ0v) is 16.1. The Morgan fingerprint density at radius 3 is 2.36 bits per heavy atom. The predicted octanol–water partition coefficient (Wildman–Crippen LogP) is 2.92. The molecule has 10 heteroatoms. The molecular weight excluding hydrogens is 397 g/mol. The molecule has 0 N–H and O–H groups in total. The van der Waals surface area contributed by atoms with Gasteiger partial charge in [0.15, 0.2) is 9.84 Å². The van der Waals surface area contributed by atoms with Gasteiger partial charge in [-0.25, -0.2) is 8.42 Å². The number of hydrogen-bond acceptors (Lipinski definition) is 5. The third-order valence-electron chi connectivity index (χ3n) is 5.10. The van der Waals surface area contributed by atoms with Crippen molar-refractivity contribution in [3.05, 3.63) is 29.8 Å². The molecule has 0 unspecified atom stereocenters. The van der Waals surface area contributed by atoms with Crippen LogP contribution in [0.25, 0.3) is 0 Å². The third kappa shape index (κ3) is 4.84. The van der Waals surface area contributed by atoms with E-state index in [-0.39, 0.29) is 4.90 Å². The number of likely N-dealkylation sites (tertiary alicyclic amines) is 1. The molecule has 1 aromatic carbocycles. The minimum absolute atomic E-state index is 0.219. The second kappa shape index (κ2) is 7.38. The summed E-state index contributed by atoms with van der Waals surface area (Å²) in [7, 11) is -3.28. The molecule has 6 nitrogen and oxygen atoms in total. The van der Waals surface area contributed by atoms with Gasteiger partial charge in [0.2, 0.25) is 5.91 Å². The molecule has 0 aromatic heterocycles. The Morgan fingerprint density at radius 2 is 1.82 bits per heavy atom. The van der Waals surface area contributed by atoms with Gasteiger partial charge < -0.3 is 9.74 Å². The Kier molecular flexibility index (Phi) is 5.44. The van der Waals surface area contributed by atoms with Crippen molar-refractivity contribution in [2.45, 2.75) is 48.8 Å². The molecule has 0 bridgehead atoms. The quantitative estimate of drug-likeness (QED) is 0.754. The molecule has 28 heavy (non-hydrogen) atoms. The first kappa shape index (κ1) is 20.6. The number of rotatable bonds is 4. The minimum Gasteiger partial charge on any atom is -0.388 e. The topological polar surface area (TPSA) is 76.0 Å². The van der Waals surface area contributed by atoms with Crippen molar-refractivity contribution in [1.82, 2.24) is 4.90 Å². The number of nitrogens with zero attached hydrogens (tertiary/aromatic N) is 2. The van der Waals surface area contributed by atoms with E-state index in [9.17, 15) is 26.4 Å². The molecule has 0 radical (unpaired) electrons. The van der Waals surface area contributed by atoms with Crippen LogP contribution in [0, 0.1) is 0 Å². The molecule has 2 heterocycles. The summed E-state index contributed by atoms with van der Waals surface area (Å²) < 4.78 is 59.9. The van der Waals surface area contributed by atoms with E-state index in [4.69, 9.17) is 4.84 Å². The molecule has 3 rings (SSSR count). The maximum absolute atomic E-state index is 12.3. The van der Waals surface area contributed by atoms with E-state index < -0.39 is 40.4 Å². The lowest BCUT2D eigenvalue weighted by Crippen LogP contribution is -2.47. The van der Waals surface area contributed by atoms with Crippen molar-refractivity contribution >= 4 is 21.5 Å². The van der Waals surface area contributed by atoms with E-state index in [0.717, 1.165) is 11.8 Å². The van der Waals surface area contributed by atoms with Crippen LogP contribution < -0.4 is 0 Å². The predicted molar refractivity (Wildman–Crippen MR) is 95.6 cm³/mol. The summed E-state index contributed by atoms with van der Waals surface area (Å²) in [5.74, 6) is -0.498. The summed E-state index contributed by atoms with van der Waals surface area (Å²) in [6.07, 6.45) is -3.37. The molecule has 0 aliphatic carbocycles. The molecule has 1 saturated heterocycles. The number of piperidine rings is 1. The van der Waals surface area contributed by atoms with Gasteiger partial charge in [-0.2, -0.15) is 13.2 Å². The first-order valence-electron chi connectivity index (χ1n) is 8.88. The van der Waals surface area contributed by atoms with Crippen LogP contribution in [-0.2, 0) is 19.5 Å². The molecule has 2 aliphatic rings. The van der Waals surface area contributed by atoms with Gasteiger partial charge in [-0.05, 0) is 17.7 Å². The smallest absolute Gasteiger partial charge is 0.388 e. The summed E-state index contributed by atoms with van der Waals surface area (Å²) in [6.45, 7) is 0.652. The van der Waals surface area contributed by atoms with Crippen molar-refractivity contribution in [2.24, 2.45) is 5.16 Å². The Labute approximate surface area is 161 Å². The highest BCUT2D eigenvalue weighted by molar-refractivity contribution is 7.90. The molecule has 0 atom stereocenters. The van der Waals surface area contributed by atoms with Gasteiger partial charge in [0, 0.05) is 45.0 Å². The third-order valence-corrected chi connectivity index (χ3v) is 6.23. The standard InChI is InChI=1S/C18H21F3N2O4S/c1-28(25,26)14-4-2-13(3-5-14)15-12-17(27-22-15)8-10-23(11-9-17)16(24)6-7-18(19,20)21/h2-5H,6-12H2,1H3. The minimum atomic E-state index is -4.34. The Morgan fingerprint density at radius 1 is 1.21 bits per heavy atom. The number of carbonyl (C=O) groups excluding carboxylic acids is 1. The lowest BCUT2D eigenvalue weighted by molar-refractivity contribution is -0.152.